The van der Waals surface area contributed by atoms with Crippen LogP contribution in [0, 0.1) is 11.3 Å². The monoisotopic (exact) mass is 245 g/mol. The second kappa shape index (κ2) is 5.18. The van der Waals surface area contributed by atoms with Gasteiger partial charge in [-0.25, -0.2) is 0 Å². The molecule has 0 aromatic heterocycles. The molecule has 0 radical (unpaired) electrons. The smallest absolute Gasteiger partial charge is 0.0507 e. The maximum Gasteiger partial charge on any atom is 0.0507 e. The number of nitrogens with two attached hydrogens (primary N) is 1. The van der Waals surface area contributed by atoms with Crippen molar-refractivity contribution in [2.45, 2.75) is 70.4 Å². The maximum absolute atomic E-state index is 12.5. The van der Waals surface area contributed by atoms with Gasteiger partial charge in [-0.3, -0.25) is 4.21 Å². The predicted molar refractivity (Wildman–Crippen MR) is 71.8 cm³/mol. The third-order valence-electron chi connectivity index (χ3n) is 4.22. The molecule has 4 unspecified atom stereocenters. The lowest BCUT2D eigenvalue weighted by atomic mass is 9.73. The van der Waals surface area contributed by atoms with Gasteiger partial charge >= 0.3 is 0 Å². The highest BCUT2D eigenvalue weighted by Crippen LogP contribution is 2.37. The first-order valence-corrected chi connectivity index (χ1v) is 7.70. The fraction of sp³-hybridized carbons (Fsp3) is 1.00. The number of rotatable bonds is 3. The van der Waals surface area contributed by atoms with Crippen molar-refractivity contribution in [1.82, 2.24) is 0 Å². The molecule has 0 aromatic carbocycles. The van der Waals surface area contributed by atoms with Gasteiger partial charge in [0.1, 0.15) is 0 Å². The van der Waals surface area contributed by atoms with Gasteiger partial charge in [-0.05, 0) is 24.2 Å². The van der Waals surface area contributed by atoms with E-state index in [0.29, 0.717) is 5.92 Å². The van der Waals surface area contributed by atoms with Gasteiger partial charge in [0.2, 0.25) is 0 Å². The second-order valence-electron chi connectivity index (χ2n) is 6.22. The highest BCUT2D eigenvalue weighted by atomic mass is 32.2. The molecule has 0 bridgehead atoms. The molecule has 0 spiro atoms. The van der Waals surface area contributed by atoms with E-state index in [1.807, 2.05) is 0 Å². The molecule has 0 saturated heterocycles. The van der Waals surface area contributed by atoms with Gasteiger partial charge in [0.25, 0.3) is 0 Å². The van der Waals surface area contributed by atoms with Gasteiger partial charge < -0.3 is 5.73 Å². The third-order valence-corrected chi connectivity index (χ3v) is 6.62. The highest BCUT2D eigenvalue weighted by molar-refractivity contribution is 7.86. The Morgan fingerprint density at radius 3 is 2.38 bits per heavy atom. The standard InChI is InChI=1S/C13H27NOS/c1-9(2)10(3)16(15)11-7-6-8-13(4,5)12(11)14/h9-12H,6-8,14H2,1-5H3. The summed E-state index contributed by atoms with van der Waals surface area (Å²) in [5, 5.41) is 0.450. The quantitative estimate of drug-likeness (QED) is 0.830. The molecule has 3 heteroatoms. The Hall–Kier alpha value is 0.110. The average Bonchev–Trinajstić information content (AvgIpc) is 2.20. The Kier molecular flexibility index (Phi) is 4.58. The molecule has 1 aliphatic carbocycles. The van der Waals surface area contributed by atoms with Crippen molar-refractivity contribution in [3.05, 3.63) is 0 Å². The summed E-state index contributed by atoms with van der Waals surface area (Å²) in [4.78, 5) is 0. The summed E-state index contributed by atoms with van der Waals surface area (Å²) >= 11 is 0. The number of hydrogen-bond acceptors (Lipinski definition) is 2. The van der Waals surface area contributed by atoms with Crippen molar-refractivity contribution < 1.29 is 4.21 Å². The maximum atomic E-state index is 12.5. The van der Waals surface area contributed by atoms with E-state index in [4.69, 9.17) is 5.73 Å². The van der Waals surface area contributed by atoms with E-state index in [1.165, 1.54) is 6.42 Å². The fourth-order valence-electron chi connectivity index (χ4n) is 2.41. The van der Waals surface area contributed by atoms with Crippen LogP contribution >= 0.6 is 0 Å². The largest absolute Gasteiger partial charge is 0.326 e. The van der Waals surface area contributed by atoms with Crippen molar-refractivity contribution in [3.8, 4) is 0 Å². The second-order valence-corrected chi connectivity index (χ2v) is 8.23. The van der Waals surface area contributed by atoms with Gasteiger partial charge in [0.05, 0.1) is 5.25 Å². The van der Waals surface area contributed by atoms with Gasteiger partial charge in [-0.1, -0.05) is 41.0 Å². The van der Waals surface area contributed by atoms with Crippen LogP contribution in [0.25, 0.3) is 0 Å². The first-order valence-electron chi connectivity index (χ1n) is 6.42. The van der Waals surface area contributed by atoms with Crippen molar-refractivity contribution in [2.24, 2.45) is 17.1 Å². The molecule has 2 N–H and O–H groups in total. The number of hydrogen-bond donors (Lipinski definition) is 1. The van der Waals surface area contributed by atoms with Crippen LogP contribution in [0.5, 0.6) is 0 Å². The van der Waals surface area contributed by atoms with E-state index in [0.717, 1.165) is 12.8 Å². The van der Waals surface area contributed by atoms with Crippen LogP contribution < -0.4 is 5.73 Å². The van der Waals surface area contributed by atoms with E-state index in [9.17, 15) is 4.21 Å². The molecule has 96 valence electrons. The summed E-state index contributed by atoms with van der Waals surface area (Å²) in [5.74, 6) is 0.470. The van der Waals surface area contributed by atoms with E-state index in [1.54, 1.807) is 0 Å². The summed E-state index contributed by atoms with van der Waals surface area (Å²) in [6.45, 7) is 10.8. The minimum atomic E-state index is -0.783. The van der Waals surface area contributed by atoms with Gasteiger partial charge in [0.15, 0.2) is 0 Å². The molecule has 0 aromatic rings. The van der Waals surface area contributed by atoms with Crippen molar-refractivity contribution in [1.29, 1.82) is 0 Å². The zero-order chi connectivity index (χ0) is 12.5. The normalized spacial score (nSPS) is 33.7. The van der Waals surface area contributed by atoms with Crippen LogP contribution in [-0.4, -0.2) is 20.8 Å². The summed E-state index contributed by atoms with van der Waals surface area (Å²) < 4.78 is 12.5. The lowest BCUT2D eigenvalue weighted by Gasteiger charge is -2.42. The highest BCUT2D eigenvalue weighted by Gasteiger charge is 2.40. The van der Waals surface area contributed by atoms with Gasteiger partial charge in [-0.2, -0.15) is 0 Å². The summed E-state index contributed by atoms with van der Waals surface area (Å²) in [5.41, 5.74) is 6.45. The van der Waals surface area contributed by atoms with Crippen LogP contribution in [0.3, 0.4) is 0 Å². The SMILES string of the molecule is CC(C)C(C)S(=O)C1CCCC(C)(C)C1N. The molecule has 0 aliphatic heterocycles. The molecule has 1 aliphatic rings. The lowest BCUT2D eigenvalue weighted by molar-refractivity contribution is 0.206. The lowest BCUT2D eigenvalue weighted by Crippen LogP contribution is -2.52. The first-order chi connectivity index (χ1) is 7.27. The van der Waals surface area contributed by atoms with Crippen molar-refractivity contribution in [3.63, 3.8) is 0 Å². The van der Waals surface area contributed by atoms with E-state index < -0.39 is 10.8 Å². The Bertz CT molecular complexity index is 263. The minimum absolute atomic E-state index is 0.0864. The van der Waals surface area contributed by atoms with Gasteiger partial charge in [-0.15, -0.1) is 0 Å². The molecule has 0 amide bonds. The average molecular weight is 245 g/mol. The zero-order valence-corrected chi connectivity index (χ0v) is 12.1. The fourth-order valence-corrected chi connectivity index (χ4v) is 4.56. The summed E-state index contributed by atoms with van der Waals surface area (Å²) in [6.07, 6.45) is 3.37. The van der Waals surface area contributed by atoms with E-state index in [-0.39, 0.29) is 22.0 Å². The van der Waals surface area contributed by atoms with Crippen molar-refractivity contribution in [2.75, 3.05) is 0 Å². The van der Waals surface area contributed by atoms with Crippen molar-refractivity contribution >= 4 is 10.8 Å². The van der Waals surface area contributed by atoms with E-state index >= 15 is 0 Å². The topological polar surface area (TPSA) is 43.1 Å². The van der Waals surface area contributed by atoms with Crippen LogP contribution in [0.4, 0.5) is 0 Å². The van der Waals surface area contributed by atoms with Crippen LogP contribution in [-0.2, 0) is 10.8 Å². The zero-order valence-electron chi connectivity index (χ0n) is 11.3. The molecular weight excluding hydrogens is 218 g/mol. The van der Waals surface area contributed by atoms with Gasteiger partial charge in [0, 0.05) is 22.1 Å². The Labute approximate surface area is 103 Å². The Morgan fingerprint density at radius 2 is 1.88 bits per heavy atom. The Morgan fingerprint density at radius 1 is 1.31 bits per heavy atom. The van der Waals surface area contributed by atoms with Crippen LogP contribution in [0.15, 0.2) is 0 Å². The predicted octanol–water partition coefficient (Wildman–Crippen LogP) is 2.69. The van der Waals surface area contributed by atoms with Crippen LogP contribution in [0.1, 0.15) is 53.9 Å². The molecule has 1 rings (SSSR count). The third kappa shape index (κ3) is 2.86. The molecule has 4 atom stereocenters. The van der Waals surface area contributed by atoms with E-state index in [2.05, 4.69) is 34.6 Å². The minimum Gasteiger partial charge on any atom is -0.326 e. The first kappa shape index (κ1) is 14.2. The summed E-state index contributed by atoms with van der Waals surface area (Å²) in [7, 11) is -0.783. The Balaban J connectivity index is 2.76. The molecule has 1 saturated carbocycles. The van der Waals surface area contributed by atoms with Crippen LogP contribution in [0.2, 0.25) is 0 Å². The molecule has 1 fully saturated rings. The molecule has 2 nitrogen and oxygen atoms in total. The molecular formula is C13H27NOS. The molecule has 16 heavy (non-hydrogen) atoms. The summed E-state index contributed by atoms with van der Waals surface area (Å²) in [6, 6.07) is 0.0864. The molecule has 0 heterocycles.